The molecular formula is C16H15ClN2O3. The molecule has 2 N–H and O–H groups in total. The molecule has 0 unspecified atom stereocenters. The van der Waals surface area contributed by atoms with Crippen molar-refractivity contribution in [3.05, 3.63) is 58.6 Å². The van der Waals surface area contributed by atoms with Crippen molar-refractivity contribution < 1.29 is 14.7 Å². The van der Waals surface area contributed by atoms with Crippen molar-refractivity contribution in [2.45, 2.75) is 6.92 Å². The van der Waals surface area contributed by atoms with Gasteiger partial charge in [-0.1, -0.05) is 22.8 Å². The number of anilines is 1. The number of nitrogens with one attached hydrogen (secondary N) is 1. The van der Waals surface area contributed by atoms with E-state index < -0.39 is 0 Å². The van der Waals surface area contributed by atoms with Gasteiger partial charge in [-0.3, -0.25) is 4.79 Å². The van der Waals surface area contributed by atoms with Crippen LogP contribution in [-0.2, 0) is 4.79 Å². The van der Waals surface area contributed by atoms with Gasteiger partial charge in [-0.15, -0.1) is 0 Å². The highest BCUT2D eigenvalue weighted by atomic mass is 35.5. The van der Waals surface area contributed by atoms with E-state index in [1.54, 1.807) is 36.4 Å². The minimum absolute atomic E-state index is 0.112. The van der Waals surface area contributed by atoms with E-state index in [0.717, 1.165) is 11.1 Å². The van der Waals surface area contributed by atoms with Crippen LogP contribution in [0.2, 0.25) is 5.02 Å². The van der Waals surface area contributed by atoms with Gasteiger partial charge in [-0.25, -0.2) is 0 Å². The van der Waals surface area contributed by atoms with Gasteiger partial charge < -0.3 is 15.3 Å². The first-order valence-electron chi connectivity index (χ1n) is 6.55. The summed E-state index contributed by atoms with van der Waals surface area (Å²) in [5.41, 5.74) is 2.30. The average Bonchev–Trinajstić information content (AvgIpc) is 2.51. The number of hydrogen-bond acceptors (Lipinski definition) is 4. The van der Waals surface area contributed by atoms with E-state index in [0.29, 0.717) is 16.5 Å². The standard InChI is InChI=1S/C16H15ClN2O3/c1-11-2-5-13(8-15(11)17)19-16(20)10-22-14-6-3-12(4-7-14)9-18-21/h2-9,21H,10H2,1H3,(H,19,20)/b18-9+. The summed E-state index contributed by atoms with van der Waals surface area (Å²) in [5.74, 6) is 0.271. The maximum Gasteiger partial charge on any atom is 0.262 e. The molecule has 0 fully saturated rings. The second kappa shape index (κ2) is 7.47. The third-order valence-electron chi connectivity index (χ3n) is 2.91. The Labute approximate surface area is 133 Å². The summed E-state index contributed by atoms with van der Waals surface area (Å²) in [5, 5.41) is 14.7. The van der Waals surface area contributed by atoms with Crippen molar-refractivity contribution in [3.8, 4) is 5.75 Å². The molecule has 2 aromatic carbocycles. The Hall–Kier alpha value is -2.53. The highest BCUT2D eigenvalue weighted by molar-refractivity contribution is 6.31. The third kappa shape index (κ3) is 4.49. The molecule has 0 aliphatic rings. The van der Waals surface area contributed by atoms with Gasteiger partial charge >= 0.3 is 0 Å². The molecule has 6 heteroatoms. The summed E-state index contributed by atoms with van der Waals surface area (Å²) in [6, 6.07) is 12.1. The summed E-state index contributed by atoms with van der Waals surface area (Å²) >= 11 is 6.00. The SMILES string of the molecule is Cc1ccc(NC(=O)COc2ccc(/C=N/O)cc2)cc1Cl. The van der Waals surface area contributed by atoms with E-state index in [-0.39, 0.29) is 12.5 Å². The summed E-state index contributed by atoms with van der Waals surface area (Å²) in [4.78, 5) is 11.8. The monoisotopic (exact) mass is 318 g/mol. The van der Waals surface area contributed by atoms with Gasteiger partial charge in [0.1, 0.15) is 5.75 Å². The highest BCUT2D eigenvalue weighted by Gasteiger charge is 2.05. The molecule has 0 atom stereocenters. The van der Waals surface area contributed by atoms with Crippen molar-refractivity contribution in [1.29, 1.82) is 0 Å². The zero-order chi connectivity index (χ0) is 15.9. The van der Waals surface area contributed by atoms with Crippen molar-refractivity contribution >= 4 is 29.4 Å². The van der Waals surface area contributed by atoms with Gasteiger partial charge in [-0.2, -0.15) is 0 Å². The molecule has 0 aliphatic heterocycles. The number of carbonyl (C=O) groups is 1. The number of nitrogens with zero attached hydrogens (tertiary/aromatic N) is 1. The predicted octanol–water partition coefficient (Wildman–Crippen LogP) is 3.47. The maximum absolute atomic E-state index is 11.8. The number of carbonyl (C=O) groups excluding carboxylic acids is 1. The third-order valence-corrected chi connectivity index (χ3v) is 3.32. The Kier molecular flexibility index (Phi) is 5.38. The fraction of sp³-hybridized carbons (Fsp3) is 0.125. The van der Waals surface area contributed by atoms with Crippen LogP contribution >= 0.6 is 11.6 Å². The number of oxime groups is 1. The lowest BCUT2D eigenvalue weighted by molar-refractivity contribution is -0.118. The summed E-state index contributed by atoms with van der Waals surface area (Å²) in [7, 11) is 0. The van der Waals surface area contributed by atoms with Gasteiger partial charge in [-0.05, 0) is 54.4 Å². The fourth-order valence-electron chi connectivity index (χ4n) is 1.73. The molecule has 0 saturated carbocycles. The molecule has 114 valence electrons. The zero-order valence-corrected chi connectivity index (χ0v) is 12.7. The van der Waals surface area contributed by atoms with Crippen LogP contribution in [0.4, 0.5) is 5.69 Å². The van der Waals surface area contributed by atoms with Crippen LogP contribution in [0.15, 0.2) is 47.6 Å². The summed E-state index contributed by atoms with van der Waals surface area (Å²) in [6.45, 7) is 1.78. The summed E-state index contributed by atoms with van der Waals surface area (Å²) < 4.78 is 5.38. The van der Waals surface area contributed by atoms with Crippen molar-refractivity contribution in [2.24, 2.45) is 5.16 Å². The van der Waals surface area contributed by atoms with E-state index in [4.69, 9.17) is 21.5 Å². The molecule has 1 amide bonds. The first-order chi connectivity index (χ1) is 10.6. The second-order valence-electron chi connectivity index (χ2n) is 4.61. The van der Waals surface area contributed by atoms with Gasteiger partial charge in [0.2, 0.25) is 0 Å². The number of hydrogen-bond donors (Lipinski definition) is 2. The predicted molar refractivity (Wildman–Crippen MR) is 86.1 cm³/mol. The van der Waals surface area contributed by atoms with Crippen molar-refractivity contribution in [1.82, 2.24) is 0 Å². The summed E-state index contributed by atoms with van der Waals surface area (Å²) in [6.07, 6.45) is 1.30. The first-order valence-corrected chi connectivity index (χ1v) is 6.92. The Bertz CT molecular complexity index is 684. The first kappa shape index (κ1) is 15.9. The number of ether oxygens (including phenoxy) is 1. The van der Waals surface area contributed by atoms with E-state index >= 15 is 0 Å². The van der Waals surface area contributed by atoms with Gasteiger partial charge in [0.25, 0.3) is 5.91 Å². The van der Waals surface area contributed by atoms with Gasteiger partial charge in [0.05, 0.1) is 6.21 Å². The molecule has 0 saturated heterocycles. The molecule has 2 rings (SSSR count). The number of rotatable bonds is 5. The molecule has 0 radical (unpaired) electrons. The lowest BCUT2D eigenvalue weighted by atomic mass is 10.2. The molecule has 0 aliphatic carbocycles. The van der Waals surface area contributed by atoms with Crippen LogP contribution in [0.25, 0.3) is 0 Å². The molecule has 22 heavy (non-hydrogen) atoms. The zero-order valence-electron chi connectivity index (χ0n) is 11.9. The fourth-order valence-corrected chi connectivity index (χ4v) is 1.91. The van der Waals surface area contributed by atoms with Crippen LogP contribution < -0.4 is 10.1 Å². The Morgan fingerprint density at radius 2 is 2.05 bits per heavy atom. The van der Waals surface area contributed by atoms with Crippen LogP contribution in [0, 0.1) is 6.92 Å². The number of amides is 1. The van der Waals surface area contributed by atoms with E-state index in [1.807, 2.05) is 13.0 Å². The molecule has 0 spiro atoms. The normalized spacial score (nSPS) is 10.6. The van der Waals surface area contributed by atoms with Crippen LogP contribution in [0.5, 0.6) is 5.75 Å². The number of halogens is 1. The molecule has 0 bridgehead atoms. The quantitative estimate of drug-likeness (QED) is 0.504. The van der Waals surface area contributed by atoms with Crippen LogP contribution in [0.3, 0.4) is 0 Å². The number of aryl methyl sites for hydroxylation is 1. The lowest BCUT2D eigenvalue weighted by Gasteiger charge is -2.08. The Morgan fingerprint density at radius 1 is 1.32 bits per heavy atom. The molecule has 0 aromatic heterocycles. The van der Waals surface area contributed by atoms with E-state index in [9.17, 15) is 4.79 Å². The van der Waals surface area contributed by atoms with Crippen molar-refractivity contribution in [3.63, 3.8) is 0 Å². The number of benzene rings is 2. The minimum Gasteiger partial charge on any atom is -0.484 e. The molecular weight excluding hydrogens is 304 g/mol. The largest absolute Gasteiger partial charge is 0.484 e. The van der Waals surface area contributed by atoms with E-state index in [1.165, 1.54) is 6.21 Å². The highest BCUT2D eigenvalue weighted by Crippen LogP contribution is 2.20. The second-order valence-corrected chi connectivity index (χ2v) is 5.02. The Morgan fingerprint density at radius 3 is 2.68 bits per heavy atom. The van der Waals surface area contributed by atoms with E-state index in [2.05, 4.69) is 10.5 Å². The van der Waals surface area contributed by atoms with Crippen molar-refractivity contribution in [2.75, 3.05) is 11.9 Å². The Balaban J connectivity index is 1.88. The lowest BCUT2D eigenvalue weighted by Crippen LogP contribution is -2.20. The smallest absolute Gasteiger partial charge is 0.262 e. The van der Waals surface area contributed by atoms with Gasteiger partial charge in [0, 0.05) is 10.7 Å². The van der Waals surface area contributed by atoms with Gasteiger partial charge in [0.15, 0.2) is 6.61 Å². The molecule has 0 heterocycles. The minimum atomic E-state index is -0.277. The van der Waals surface area contributed by atoms with Crippen LogP contribution in [-0.4, -0.2) is 23.9 Å². The topological polar surface area (TPSA) is 70.9 Å². The maximum atomic E-state index is 11.8. The molecule has 2 aromatic rings. The average molecular weight is 319 g/mol. The van der Waals surface area contributed by atoms with Crippen LogP contribution in [0.1, 0.15) is 11.1 Å². The molecule has 5 nitrogen and oxygen atoms in total.